The summed E-state index contributed by atoms with van der Waals surface area (Å²) in [5, 5.41) is 4.00. The summed E-state index contributed by atoms with van der Waals surface area (Å²) in [5.41, 5.74) is 2.92. The smallest absolute Gasteiger partial charge is 0.233 e. The summed E-state index contributed by atoms with van der Waals surface area (Å²) >= 11 is 0. The minimum Gasteiger partial charge on any atom is -0.336 e. The third-order valence-electron chi connectivity index (χ3n) is 2.65. The van der Waals surface area contributed by atoms with Gasteiger partial charge in [0.2, 0.25) is 11.7 Å². The molecule has 0 saturated heterocycles. The van der Waals surface area contributed by atoms with Crippen LogP contribution >= 0.6 is 0 Å². The summed E-state index contributed by atoms with van der Waals surface area (Å²) in [6, 6.07) is 18.6. The van der Waals surface area contributed by atoms with Crippen LogP contribution in [0.15, 0.2) is 53.1 Å². The molecular formula is C15H11N2OY-. The number of benzene rings is 2. The molecule has 0 saturated carbocycles. The molecule has 19 heavy (non-hydrogen) atoms. The zero-order valence-electron chi connectivity index (χ0n) is 10.5. The van der Waals surface area contributed by atoms with Gasteiger partial charge in [-0.25, -0.2) is 0 Å². The van der Waals surface area contributed by atoms with E-state index in [0.717, 1.165) is 16.7 Å². The average Bonchev–Trinajstić information content (AvgIpc) is 2.89. The Morgan fingerprint density at radius 3 is 2.58 bits per heavy atom. The van der Waals surface area contributed by atoms with Gasteiger partial charge >= 0.3 is 0 Å². The van der Waals surface area contributed by atoms with Crippen LogP contribution in [0, 0.1) is 13.0 Å². The number of rotatable bonds is 2. The standard InChI is InChI=1S/C15H11N2O.Y/c1-11-6-5-9-13(10-11)15-16-14(17-18-15)12-7-3-2-4-8-12;/h2-5,7-10H,1H3;/q-1;. The summed E-state index contributed by atoms with van der Waals surface area (Å²) in [5.74, 6) is 1.14. The molecule has 0 spiro atoms. The first kappa shape index (κ1) is 14.1. The Labute approximate surface area is 136 Å². The van der Waals surface area contributed by atoms with Gasteiger partial charge in [0, 0.05) is 38.3 Å². The van der Waals surface area contributed by atoms with Gasteiger partial charge in [-0.1, -0.05) is 48.0 Å². The maximum Gasteiger partial charge on any atom is 0.233 e. The fourth-order valence-electron chi connectivity index (χ4n) is 1.76. The predicted octanol–water partition coefficient (Wildman–Crippen LogP) is 3.51. The van der Waals surface area contributed by atoms with Crippen molar-refractivity contribution in [2.24, 2.45) is 0 Å². The van der Waals surface area contributed by atoms with Gasteiger partial charge in [0.1, 0.15) is 0 Å². The molecule has 2 aromatic carbocycles. The van der Waals surface area contributed by atoms with Crippen molar-refractivity contribution in [3.63, 3.8) is 0 Å². The van der Waals surface area contributed by atoms with E-state index < -0.39 is 0 Å². The third-order valence-corrected chi connectivity index (χ3v) is 2.65. The second kappa shape index (κ2) is 6.22. The molecule has 4 heteroatoms. The molecule has 0 bridgehead atoms. The molecule has 0 aliphatic rings. The molecular weight excluding hydrogens is 313 g/mol. The van der Waals surface area contributed by atoms with Crippen LogP contribution in [0.3, 0.4) is 0 Å². The molecule has 0 fully saturated rings. The molecule has 0 aliphatic heterocycles. The molecule has 3 aromatic rings. The van der Waals surface area contributed by atoms with Crippen LogP contribution in [0.25, 0.3) is 22.8 Å². The van der Waals surface area contributed by atoms with E-state index in [1.54, 1.807) is 0 Å². The third kappa shape index (κ3) is 3.17. The molecule has 3 nitrogen and oxygen atoms in total. The first-order chi connectivity index (χ1) is 8.83. The van der Waals surface area contributed by atoms with E-state index in [9.17, 15) is 0 Å². The van der Waals surface area contributed by atoms with E-state index in [-0.39, 0.29) is 32.7 Å². The molecule has 1 heterocycles. The summed E-state index contributed by atoms with van der Waals surface area (Å²) in [6.07, 6.45) is 0. The second-order valence-electron chi connectivity index (χ2n) is 4.05. The first-order valence-electron chi connectivity index (χ1n) is 5.71. The van der Waals surface area contributed by atoms with E-state index in [4.69, 9.17) is 4.52 Å². The van der Waals surface area contributed by atoms with Crippen molar-refractivity contribution >= 4 is 0 Å². The van der Waals surface area contributed by atoms with Gasteiger partial charge in [0.05, 0.1) is 0 Å². The maximum absolute atomic E-state index is 5.29. The Bertz CT molecular complexity index is 665. The van der Waals surface area contributed by atoms with Crippen molar-refractivity contribution < 1.29 is 37.2 Å². The first-order valence-corrected chi connectivity index (χ1v) is 5.71. The summed E-state index contributed by atoms with van der Waals surface area (Å²) in [7, 11) is 0. The van der Waals surface area contributed by atoms with E-state index in [2.05, 4.69) is 16.2 Å². The molecule has 1 aromatic heterocycles. The minimum absolute atomic E-state index is 0. The number of aryl methyl sites for hydroxylation is 1. The van der Waals surface area contributed by atoms with E-state index in [0.29, 0.717) is 11.7 Å². The van der Waals surface area contributed by atoms with Crippen LogP contribution in [-0.4, -0.2) is 10.1 Å². The summed E-state index contributed by atoms with van der Waals surface area (Å²) in [4.78, 5) is 4.40. The van der Waals surface area contributed by atoms with Gasteiger partial charge in [-0.05, 0) is 0 Å². The van der Waals surface area contributed by atoms with Crippen LogP contribution in [0.1, 0.15) is 5.56 Å². The largest absolute Gasteiger partial charge is 0.336 e. The maximum atomic E-state index is 5.29. The van der Waals surface area contributed by atoms with Gasteiger partial charge in [0.15, 0.2) is 0 Å². The average molecular weight is 324 g/mol. The second-order valence-corrected chi connectivity index (χ2v) is 4.05. The van der Waals surface area contributed by atoms with Crippen LogP contribution in [-0.2, 0) is 32.7 Å². The SMILES string of the molecule is Cc1[c-]ccc(-c2nc(-c3ccccc3)no2)c1.[Y]. The molecule has 0 unspecified atom stereocenters. The molecule has 3 rings (SSSR count). The number of aromatic nitrogens is 2. The van der Waals surface area contributed by atoms with Gasteiger partial charge in [0.25, 0.3) is 0 Å². The Hall–Kier alpha value is -1.32. The van der Waals surface area contributed by atoms with Crippen molar-refractivity contribution in [3.05, 3.63) is 60.2 Å². The zero-order chi connectivity index (χ0) is 12.4. The van der Waals surface area contributed by atoms with Crippen LogP contribution in [0.2, 0.25) is 0 Å². The van der Waals surface area contributed by atoms with Crippen molar-refractivity contribution in [1.29, 1.82) is 0 Å². The Morgan fingerprint density at radius 2 is 1.84 bits per heavy atom. The van der Waals surface area contributed by atoms with E-state index in [1.807, 2.05) is 55.5 Å². The fraction of sp³-hybridized carbons (Fsp3) is 0.0667. The number of hydrogen-bond acceptors (Lipinski definition) is 3. The molecule has 0 N–H and O–H groups in total. The van der Waals surface area contributed by atoms with Gasteiger partial charge in [-0.15, -0.1) is 0 Å². The normalized spacial score (nSPS) is 9.95. The van der Waals surface area contributed by atoms with E-state index in [1.165, 1.54) is 0 Å². The van der Waals surface area contributed by atoms with Crippen molar-refractivity contribution in [3.8, 4) is 22.8 Å². The predicted molar refractivity (Wildman–Crippen MR) is 68.7 cm³/mol. The molecule has 91 valence electrons. The van der Waals surface area contributed by atoms with Gasteiger partial charge in [-0.2, -0.15) is 34.8 Å². The Kier molecular flexibility index (Phi) is 4.62. The van der Waals surface area contributed by atoms with Crippen molar-refractivity contribution in [2.75, 3.05) is 0 Å². The molecule has 0 atom stereocenters. The number of nitrogens with zero attached hydrogens (tertiary/aromatic N) is 2. The van der Waals surface area contributed by atoms with Crippen LogP contribution in [0.4, 0.5) is 0 Å². The zero-order valence-corrected chi connectivity index (χ0v) is 13.3. The van der Waals surface area contributed by atoms with Gasteiger partial charge < -0.3 is 4.52 Å². The van der Waals surface area contributed by atoms with Gasteiger partial charge in [-0.3, -0.25) is 0 Å². The monoisotopic (exact) mass is 324 g/mol. The molecule has 0 amide bonds. The topological polar surface area (TPSA) is 38.9 Å². The van der Waals surface area contributed by atoms with Crippen molar-refractivity contribution in [2.45, 2.75) is 6.92 Å². The quantitative estimate of drug-likeness (QED) is 0.677. The van der Waals surface area contributed by atoms with Crippen molar-refractivity contribution in [1.82, 2.24) is 10.1 Å². The summed E-state index contributed by atoms with van der Waals surface area (Å²) < 4.78 is 5.29. The number of hydrogen-bond donors (Lipinski definition) is 0. The Balaban J connectivity index is 0.00000133. The molecule has 1 radical (unpaired) electrons. The molecule has 0 aliphatic carbocycles. The van der Waals surface area contributed by atoms with Crippen LogP contribution < -0.4 is 0 Å². The van der Waals surface area contributed by atoms with E-state index >= 15 is 0 Å². The fourth-order valence-corrected chi connectivity index (χ4v) is 1.76. The summed E-state index contributed by atoms with van der Waals surface area (Å²) in [6.45, 7) is 1.98. The van der Waals surface area contributed by atoms with Crippen LogP contribution in [0.5, 0.6) is 0 Å². The minimum atomic E-state index is 0. The Morgan fingerprint density at radius 1 is 1.05 bits per heavy atom.